The predicted octanol–water partition coefficient (Wildman–Crippen LogP) is 2.90. The van der Waals surface area contributed by atoms with Crippen molar-refractivity contribution in [1.29, 1.82) is 0 Å². The van der Waals surface area contributed by atoms with E-state index in [1.807, 2.05) is 36.4 Å². The first-order chi connectivity index (χ1) is 15.7. The van der Waals surface area contributed by atoms with Crippen molar-refractivity contribution in [1.82, 2.24) is 10.3 Å². The number of nitrogens with zero attached hydrogens (tertiary/aromatic N) is 2. The number of carbonyl (C=O) groups excluding carboxylic acids is 2. The Bertz CT molecular complexity index is 1160. The second-order valence-electron chi connectivity index (χ2n) is 7.77. The van der Waals surface area contributed by atoms with E-state index in [4.69, 9.17) is 14.2 Å². The molecule has 2 amide bonds. The molecule has 2 aliphatic rings. The van der Waals surface area contributed by atoms with Crippen LogP contribution in [0.25, 0.3) is 10.9 Å². The number of fused-ring (bicyclic) bond motifs is 2. The monoisotopic (exact) mass is 433 g/mol. The zero-order chi connectivity index (χ0) is 21.9. The van der Waals surface area contributed by atoms with E-state index in [0.717, 1.165) is 16.7 Å². The first-order valence-corrected chi connectivity index (χ1v) is 10.6. The third kappa shape index (κ3) is 4.03. The van der Waals surface area contributed by atoms with Gasteiger partial charge in [0.05, 0.1) is 12.5 Å². The maximum absolute atomic E-state index is 12.6. The van der Waals surface area contributed by atoms with Gasteiger partial charge in [0.2, 0.25) is 18.6 Å². The van der Waals surface area contributed by atoms with Crippen LogP contribution in [0.5, 0.6) is 17.2 Å². The molecule has 2 aliphatic heterocycles. The van der Waals surface area contributed by atoms with E-state index in [-0.39, 0.29) is 30.9 Å². The lowest BCUT2D eigenvalue weighted by molar-refractivity contribution is -0.126. The van der Waals surface area contributed by atoms with Gasteiger partial charge in [-0.15, -0.1) is 0 Å². The van der Waals surface area contributed by atoms with Crippen molar-refractivity contribution in [2.45, 2.75) is 12.8 Å². The maximum atomic E-state index is 12.6. The first-order valence-electron chi connectivity index (χ1n) is 10.6. The zero-order valence-electron chi connectivity index (χ0n) is 17.5. The number of para-hydroxylation sites is 1. The van der Waals surface area contributed by atoms with Crippen LogP contribution in [0.4, 0.5) is 5.69 Å². The smallest absolute Gasteiger partial charge is 0.231 e. The van der Waals surface area contributed by atoms with Crippen LogP contribution < -0.4 is 24.4 Å². The van der Waals surface area contributed by atoms with Crippen molar-refractivity contribution >= 4 is 28.4 Å². The van der Waals surface area contributed by atoms with E-state index >= 15 is 0 Å². The highest BCUT2D eigenvalue weighted by atomic mass is 16.7. The first kappa shape index (κ1) is 20.1. The molecular formula is C24H23N3O5. The molecule has 1 N–H and O–H groups in total. The molecule has 1 saturated heterocycles. The normalized spacial score (nSPS) is 17.1. The van der Waals surface area contributed by atoms with Crippen molar-refractivity contribution in [2.24, 2.45) is 5.92 Å². The van der Waals surface area contributed by atoms with Crippen molar-refractivity contribution in [3.8, 4) is 17.2 Å². The minimum atomic E-state index is -0.379. The molecule has 32 heavy (non-hydrogen) atoms. The molecule has 164 valence electrons. The number of ether oxygens (including phenoxy) is 3. The van der Waals surface area contributed by atoms with Gasteiger partial charge in [0.25, 0.3) is 0 Å². The summed E-state index contributed by atoms with van der Waals surface area (Å²) < 4.78 is 16.6. The number of carbonyl (C=O) groups is 2. The van der Waals surface area contributed by atoms with Crippen LogP contribution in [-0.2, 0) is 9.59 Å². The van der Waals surface area contributed by atoms with Crippen molar-refractivity contribution in [3.63, 3.8) is 0 Å². The molecule has 5 rings (SSSR count). The Hall–Kier alpha value is -3.81. The fraction of sp³-hybridized carbons (Fsp3) is 0.292. The SMILES string of the molecule is O=C(NCCCOc1cccc2cccnc12)C1CC(=O)N(c2ccc3c(c2)OCO3)C1. The molecule has 3 aromatic rings. The van der Waals surface area contributed by atoms with E-state index in [1.54, 1.807) is 23.2 Å². The van der Waals surface area contributed by atoms with Crippen LogP contribution in [0.3, 0.4) is 0 Å². The highest BCUT2D eigenvalue weighted by molar-refractivity contribution is 6.00. The van der Waals surface area contributed by atoms with E-state index in [1.165, 1.54) is 0 Å². The summed E-state index contributed by atoms with van der Waals surface area (Å²) in [5, 5.41) is 3.95. The lowest BCUT2D eigenvalue weighted by Crippen LogP contribution is -2.34. The molecule has 0 bridgehead atoms. The Morgan fingerprint density at radius 2 is 2.03 bits per heavy atom. The van der Waals surface area contributed by atoms with Gasteiger partial charge < -0.3 is 24.4 Å². The number of anilines is 1. The van der Waals surface area contributed by atoms with E-state index in [0.29, 0.717) is 43.3 Å². The van der Waals surface area contributed by atoms with Gasteiger partial charge in [0.15, 0.2) is 11.5 Å². The predicted molar refractivity (Wildman–Crippen MR) is 118 cm³/mol. The van der Waals surface area contributed by atoms with Crippen LogP contribution in [0.15, 0.2) is 54.7 Å². The lowest BCUT2D eigenvalue weighted by atomic mass is 10.1. The minimum Gasteiger partial charge on any atom is -0.491 e. The summed E-state index contributed by atoms with van der Waals surface area (Å²) >= 11 is 0. The molecule has 8 nitrogen and oxygen atoms in total. The summed E-state index contributed by atoms with van der Waals surface area (Å²) in [6.45, 7) is 1.47. The van der Waals surface area contributed by atoms with Crippen molar-refractivity contribution < 1.29 is 23.8 Å². The van der Waals surface area contributed by atoms with Crippen molar-refractivity contribution in [2.75, 3.05) is 31.4 Å². The maximum Gasteiger partial charge on any atom is 0.231 e. The van der Waals surface area contributed by atoms with Crippen LogP contribution >= 0.6 is 0 Å². The van der Waals surface area contributed by atoms with Crippen LogP contribution in [0.1, 0.15) is 12.8 Å². The summed E-state index contributed by atoms with van der Waals surface area (Å²) in [6.07, 6.45) is 2.59. The van der Waals surface area contributed by atoms with Gasteiger partial charge in [-0.1, -0.05) is 18.2 Å². The Morgan fingerprint density at radius 3 is 2.97 bits per heavy atom. The number of nitrogens with one attached hydrogen (secondary N) is 1. The minimum absolute atomic E-state index is 0.0733. The second-order valence-corrected chi connectivity index (χ2v) is 7.77. The molecule has 1 aromatic heterocycles. The van der Waals surface area contributed by atoms with E-state index in [9.17, 15) is 9.59 Å². The molecule has 0 radical (unpaired) electrons. The molecule has 1 atom stereocenters. The van der Waals surface area contributed by atoms with E-state index < -0.39 is 0 Å². The molecule has 3 heterocycles. The molecule has 8 heteroatoms. The van der Waals surface area contributed by atoms with Gasteiger partial charge in [-0.2, -0.15) is 0 Å². The Kier molecular flexibility index (Phi) is 5.49. The molecule has 0 aliphatic carbocycles. The Balaban J connectivity index is 1.10. The van der Waals surface area contributed by atoms with Crippen LogP contribution in [-0.4, -0.2) is 43.3 Å². The van der Waals surface area contributed by atoms with E-state index in [2.05, 4.69) is 10.3 Å². The highest BCUT2D eigenvalue weighted by Gasteiger charge is 2.35. The Labute approximate surface area is 185 Å². The molecule has 1 fully saturated rings. The number of amides is 2. The second kappa shape index (κ2) is 8.74. The van der Waals surface area contributed by atoms with Crippen molar-refractivity contribution in [3.05, 3.63) is 54.7 Å². The van der Waals surface area contributed by atoms with Gasteiger partial charge in [0, 0.05) is 42.8 Å². The third-order valence-electron chi connectivity index (χ3n) is 5.64. The summed E-state index contributed by atoms with van der Waals surface area (Å²) in [4.78, 5) is 31.1. The summed E-state index contributed by atoms with van der Waals surface area (Å²) in [6, 6.07) is 15.1. The van der Waals surface area contributed by atoms with Gasteiger partial charge in [-0.3, -0.25) is 14.6 Å². The summed E-state index contributed by atoms with van der Waals surface area (Å²) in [7, 11) is 0. The largest absolute Gasteiger partial charge is 0.491 e. The number of hydrogen-bond acceptors (Lipinski definition) is 6. The molecule has 2 aromatic carbocycles. The number of hydrogen-bond donors (Lipinski definition) is 1. The topological polar surface area (TPSA) is 90.0 Å². The average molecular weight is 433 g/mol. The molecular weight excluding hydrogens is 410 g/mol. The summed E-state index contributed by atoms with van der Waals surface area (Å²) in [5.41, 5.74) is 1.54. The quantitative estimate of drug-likeness (QED) is 0.577. The van der Waals surface area contributed by atoms with Gasteiger partial charge in [-0.25, -0.2) is 0 Å². The number of rotatable bonds is 7. The standard InChI is InChI=1S/C24H23N3O5/c28-22-12-17(14-27(22)18-7-8-19-21(13-18)32-15-31-19)24(29)26-10-3-11-30-20-6-1-4-16-5-2-9-25-23(16)20/h1-2,4-9,13,17H,3,10-12,14-15H2,(H,26,29). The van der Waals surface area contributed by atoms with Crippen LogP contribution in [0, 0.1) is 5.92 Å². The zero-order valence-corrected chi connectivity index (χ0v) is 17.5. The number of aromatic nitrogens is 1. The molecule has 0 spiro atoms. The number of pyridine rings is 1. The number of benzene rings is 2. The van der Waals surface area contributed by atoms with Crippen LogP contribution in [0.2, 0.25) is 0 Å². The Morgan fingerprint density at radius 1 is 1.16 bits per heavy atom. The third-order valence-corrected chi connectivity index (χ3v) is 5.64. The van der Waals surface area contributed by atoms with Gasteiger partial charge in [-0.05, 0) is 30.7 Å². The molecule has 0 saturated carbocycles. The molecule has 1 unspecified atom stereocenters. The highest BCUT2D eigenvalue weighted by Crippen LogP contribution is 2.37. The average Bonchev–Trinajstić information content (AvgIpc) is 3.44. The summed E-state index contributed by atoms with van der Waals surface area (Å²) in [5.74, 6) is 1.44. The fourth-order valence-corrected chi connectivity index (χ4v) is 3.99. The van der Waals surface area contributed by atoms with Gasteiger partial charge >= 0.3 is 0 Å². The fourth-order valence-electron chi connectivity index (χ4n) is 3.99. The lowest BCUT2D eigenvalue weighted by Gasteiger charge is -2.17. The van der Waals surface area contributed by atoms with Gasteiger partial charge in [0.1, 0.15) is 11.3 Å².